The maximum absolute atomic E-state index is 12.0. The van der Waals surface area contributed by atoms with Crippen molar-refractivity contribution in [2.24, 2.45) is 5.92 Å². The van der Waals surface area contributed by atoms with Gasteiger partial charge in [0, 0.05) is 31.6 Å². The van der Waals surface area contributed by atoms with Gasteiger partial charge in [-0.15, -0.1) is 0 Å². The predicted molar refractivity (Wildman–Crippen MR) is 105 cm³/mol. The number of nitrogens with one attached hydrogen (secondary N) is 1. The summed E-state index contributed by atoms with van der Waals surface area (Å²) in [7, 11) is 0. The molecule has 3 rings (SSSR count). The number of amides is 1. The van der Waals surface area contributed by atoms with E-state index in [0.29, 0.717) is 13.2 Å². The van der Waals surface area contributed by atoms with E-state index in [-0.39, 0.29) is 25.0 Å². The second-order valence-electron chi connectivity index (χ2n) is 6.98. The maximum Gasteiger partial charge on any atom is 0.407 e. The normalized spacial score (nSPS) is 12.7. The van der Waals surface area contributed by atoms with Crippen molar-refractivity contribution >= 4 is 6.09 Å². The Balaban J connectivity index is 1.47. The smallest absolute Gasteiger partial charge is 0.407 e. The van der Waals surface area contributed by atoms with Gasteiger partial charge in [0.1, 0.15) is 6.61 Å². The van der Waals surface area contributed by atoms with Gasteiger partial charge in [-0.25, -0.2) is 4.79 Å². The predicted octanol–water partition coefficient (Wildman–Crippen LogP) is 3.30. The first-order valence-corrected chi connectivity index (χ1v) is 9.55. The molecular formula is C22H27NO4. The summed E-state index contributed by atoms with van der Waals surface area (Å²) in [5.41, 5.74) is 4.82. The Morgan fingerprint density at radius 1 is 0.963 bits per heavy atom. The molecular weight excluding hydrogens is 342 g/mol. The van der Waals surface area contributed by atoms with Crippen LogP contribution < -0.4 is 5.32 Å². The van der Waals surface area contributed by atoms with Gasteiger partial charge < -0.3 is 20.3 Å². The average Bonchev–Trinajstić information content (AvgIpc) is 3.03. The van der Waals surface area contributed by atoms with E-state index in [1.54, 1.807) is 0 Å². The Hall–Kier alpha value is -2.37. The number of benzene rings is 2. The van der Waals surface area contributed by atoms with Gasteiger partial charge >= 0.3 is 6.09 Å². The number of hydrogen-bond donors (Lipinski definition) is 3. The molecule has 1 aliphatic rings. The van der Waals surface area contributed by atoms with Gasteiger partial charge in [-0.1, -0.05) is 55.0 Å². The third-order valence-electron chi connectivity index (χ3n) is 5.17. The summed E-state index contributed by atoms with van der Waals surface area (Å²) in [5, 5.41) is 20.8. The van der Waals surface area contributed by atoms with Crippen LogP contribution in [0.15, 0.2) is 48.5 Å². The molecule has 144 valence electrons. The SMILES string of the molecule is O=C(NCCCCC(CO)CO)OCC1c2ccccc2-c2ccccc21. The Kier molecular flexibility index (Phi) is 6.85. The zero-order valence-corrected chi connectivity index (χ0v) is 15.4. The van der Waals surface area contributed by atoms with Gasteiger partial charge in [0.15, 0.2) is 0 Å². The van der Waals surface area contributed by atoms with Crippen LogP contribution in [-0.4, -0.2) is 42.7 Å². The van der Waals surface area contributed by atoms with Crippen LogP contribution in [0.4, 0.5) is 4.79 Å². The molecule has 0 radical (unpaired) electrons. The molecule has 1 aliphatic carbocycles. The lowest BCUT2D eigenvalue weighted by Crippen LogP contribution is -2.27. The van der Waals surface area contributed by atoms with Crippen molar-refractivity contribution in [2.75, 3.05) is 26.4 Å². The molecule has 0 saturated heterocycles. The summed E-state index contributed by atoms with van der Waals surface area (Å²) < 4.78 is 5.48. The topological polar surface area (TPSA) is 78.8 Å². The van der Waals surface area contributed by atoms with Crippen molar-refractivity contribution in [2.45, 2.75) is 25.2 Å². The Bertz CT molecular complexity index is 712. The number of aliphatic hydroxyl groups is 2. The largest absolute Gasteiger partial charge is 0.449 e. The minimum atomic E-state index is -0.405. The van der Waals surface area contributed by atoms with E-state index in [9.17, 15) is 4.79 Å². The molecule has 2 aromatic carbocycles. The Labute approximate surface area is 160 Å². The third-order valence-corrected chi connectivity index (χ3v) is 5.17. The molecule has 0 heterocycles. The molecule has 0 bridgehead atoms. The molecule has 1 amide bonds. The zero-order chi connectivity index (χ0) is 19.1. The number of alkyl carbamates (subject to hydrolysis) is 1. The number of ether oxygens (including phenoxy) is 1. The van der Waals surface area contributed by atoms with Crippen LogP contribution in [-0.2, 0) is 4.74 Å². The quantitative estimate of drug-likeness (QED) is 0.593. The van der Waals surface area contributed by atoms with Gasteiger partial charge in [-0.2, -0.15) is 0 Å². The van der Waals surface area contributed by atoms with Crippen LogP contribution in [0.1, 0.15) is 36.3 Å². The maximum atomic E-state index is 12.0. The molecule has 0 aromatic heterocycles. The number of carbonyl (C=O) groups is 1. The number of unbranched alkanes of at least 4 members (excludes halogenated alkanes) is 1. The first-order chi connectivity index (χ1) is 13.2. The summed E-state index contributed by atoms with van der Waals surface area (Å²) in [6.45, 7) is 0.837. The van der Waals surface area contributed by atoms with Crippen molar-refractivity contribution in [1.29, 1.82) is 0 Å². The average molecular weight is 369 g/mol. The van der Waals surface area contributed by atoms with E-state index in [4.69, 9.17) is 14.9 Å². The van der Waals surface area contributed by atoms with Crippen LogP contribution in [0.3, 0.4) is 0 Å². The van der Waals surface area contributed by atoms with E-state index in [0.717, 1.165) is 19.3 Å². The van der Waals surface area contributed by atoms with E-state index >= 15 is 0 Å². The molecule has 2 aromatic rings. The molecule has 5 heteroatoms. The van der Waals surface area contributed by atoms with Gasteiger partial charge in [0.25, 0.3) is 0 Å². The monoisotopic (exact) mass is 369 g/mol. The lowest BCUT2D eigenvalue weighted by atomic mass is 9.98. The van der Waals surface area contributed by atoms with Crippen molar-refractivity contribution in [1.82, 2.24) is 5.32 Å². The van der Waals surface area contributed by atoms with Crippen molar-refractivity contribution in [3.63, 3.8) is 0 Å². The Morgan fingerprint density at radius 2 is 1.56 bits per heavy atom. The van der Waals surface area contributed by atoms with Crippen molar-refractivity contribution in [3.05, 3.63) is 59.7 Å². The van der Waals surface area contributed by atoms with Gasteiger partial charge in [0.05, 0.1) is 0 Å². The molecule has 27 heavy (non-hydrogen) atoms. The number of carbonyl (C=O) groups excluding carboxylic acids is 1. The van der Waals surface area contributed by atoms with Crippen molar-refractivity contribution < 1.29 is 19.7 Å². The number of aliphatic hydroxyl groups excluding tert-OH is 2. The van der Waals surface area contributed by atoms with E-state index in [1.807, 2.05) is 24.3 Å². The fourth-order valence-electron chi connectivity index (χ4n) is 3.64. The molecule has 0 fully saturated rings. The van der Waals surface area contributed by atoms with Crippen LogP contribution in [0.25, 0.3) is 11.1 Å². The second kappa shape index (κ2) is 9.53. The molecule has 0 unspecified atom stereocenters. The van der Waals surface area contributed by atoms with Crippen LogP contribution in [0.2, 0.25) is 0 Å². The van der Waals surface area contributed by atoms with E-state index < -0.39 is 6.09 Å². The molecule has 0 saturated carbocycles. The summed E-state index contributed by atoms with van der Waals surface area (Å²) in [5.74, 6) is -0.00234. The molecule has 0 aliphatic heterocycles. The Morgan fingerprint density at radius 3 is 2.15 bits per heavy atom. The lowest BCUT2D eigenvalue weighted by molar-refractivity contribution is 0.138. The standard InChI is InChI=1S/C22H27NO4/c24-13-16(14-25)7-5-6-12-23-22(26)27-15-21-19-10-3-1-8-17(19)18-9-2-4-11-20(18)21/h1-4,8-11,16,21,24-25H,5-7,12-15H2,(H,23,26). The molecule has 0 spiro atoms. The summed E-state index contributed by atoms with van der Waals surface area (Å²) in [6, 6.07) is 16.5. The van der Waals surface area contributed by atoms with Crippen molar-refractivity contribution in [3.8, 4) is 11.1 Å². The highest BCUT2D eigenvalue weighted by Gasteiger charge is 2.28. The number of hydrogen-bond acceptors (Lipinski definition) is 4. The van der Waals surface area contributed by atoms with Crippen LogP contribution >= 0.6 is 0 Å². The highest BCUT2D eigenvalue weighted by Crippen LogP contribution is 2.44. The van der Waals surface area contributed by atoms with Gasteiger partial charge in [-0.05, 0) is 35.1 Å². The second-order valence-corrected chi connectivity index (χ2v) is 6.98. The molecule has 0 atom stereocenters. The first-order valence-electron chi connectivity index (χ1n) is 9.55. The lowest BCUT2D eigenvalue weighted by Gasteiger charge is -2.15. The summed E-state index contributed by atoms with van der Waals surface area (Å²) >= 11 is 0. The fraction of sp³-hybridized carbons (Fsp3) is 0.409. The highest BCUT2D eigenvalue weighted by molar-refractivity contribution is 5.79. The van der Waals surface area contributed by atoms with E-state index in [1.165, 1.54) is 22.3 Å². The van der Waals surface area contributed by atoms with Gasteiger partial charge in [-0.3, -0.25) is 0 Å². The number of rotatable bonds is 9. The van der Waals surface area contributed by atoms with E-state index in [2.05, 4.69) is 29.6 Å². The number of fused-ring (bicyclic) bond motifs is 3. The first kappa shape index (κ1) is 19.4. The van der Waals surface area contributed by atoms with Crippen LogP contribution in [0, 0.1) is 5.92 Å². The minimum absolute atomic E-state index is 0.00366. The van der Waals surface area contributed by atoms with Crippen LogP contribution in [0.5, 0.6) is 0 Å². The highest BCUT2D eigenvalue weighted by atomic mass is 16.5. The molecule has 3 N–H and O–H groups in total. The van der Waals surface area contributed by atoms with Gasteiger partial charge in [0.2, 0.25) is 0 Å². The molecule has 5 nitrogen and oxygen atoms in total. The minimum Gasteiger partial charge on any atom is -0.449 e. The summed E-state index contributed by atoms with van der Waals surface area (Å²) in [4.78, 5) is 12.0. The fourth-order valence-corrected chi connectivity index (χ4v) is 3.64. The third kappa shape index (κ3) is 4.67. The summed E-state index contributed by atoms with van der Waals surface area (Å²) in [6.07, 6.45) is 1.98. The zero-order valence-electron chi connectivity index (χ0n) is 15.4.